The van der Waals surface area contributed by atoms with Crippen LogP contribution >= 0.6 is 0 Å². The minimum atomic E-state index is -3.89. The minimum Gasteiger partial charge on any atom is -0.384 e. The Balaban J connectivity index is 1.84. The fourth-order valence-electron chi connectivity index (χ4n) is 4.33. The van der Waals surface area contributed by atoms with Gasteiger partial charge in [-0.05, 0) is 48.9 Å². The highest BCUT2D eigenvalue weighted by atomic mass is 32.2. The Hall–Kier alpha value is -2.71. The van der Waals surface area contributed by atoms with Crippen LogP contribution in [0.4, 0.5) is 0 Å². The van der Waals surface area contributed by atoms with Crippen molar-refractivity contribution in [2.24, 2.45) is 5.73 Å². The van der Waals surface area contributed by atoms with E-state index < -0.39 is 16.1 Å². The maximum absolute atomic E-state index is 13.4. The summed E-state index contributed by atoms with van der Waals surface area (Å²) in [6.07, 6.45) is 6.11. The highest BCUT2D eigenvalue weighted by Gasteiger charge is 2.32. The second-order valence-corrected chi connectivity index (χ2v) is 10.5. The van der Waals surface area contributed by atoms with E-state index in [0.717, 1.165) is 49.7 Å². The summed E-state index contributed by atoms with van der Waals surface area (Å²) in [4.78, 5) is 15.3. The molecular weight excluding hydrogens is 436 g/mol. The number of amidine groups is 1. The van der Waals surface area contributed by atoms with Gasteiger partial charge in [-0.3, -0.25) is 10.2 Å². The number of hydrogen-bond acceptors (Lipinski definition) is 4. The van der Waals surface area contributed by atoms with Gasteiger partial charge in [-0.25, -0.2) is 8.42 Å². The second kappa shape index (κ2) is 10.9. The monoisotopic (exact) mass is 470 g/mol. The summed E-state index contributed by atoms with van der Waals surface area (Å²) >= 11 is 0. The first kappa shape index (κ1) is 24.9. The molecule has 3 rings (SSSR count). The molecule has 1 amide bonds. The van der Waals surface area contributed by atoms with Gasteiger partial charge in [0, 0.05) is 18.7 Å². The Kier molecular flexibility index (Phi) is 8.26. The number of rotatable bonds is 10. The van der Waals surface area contributed by atoms with Crippen molar-refractivity contribution in [2.45, 2.75) is 68.8 Å². The van der Waals surface area contributed by atoms with Crippen molar-refractivity contribution >= 4 is 21.8 Å². The van der Waals surface area contributed by atoms with Crippen molar-refractivity contribution in [3.05, 3.63) is 65.2 Å². The van der Waals surface area contributed by atoms with Crippen LogP contribution in [0.2, 0.25) is 0 Å². The van der Waals surface area contributed by atoms with Crippen LogP contribution in [0.15, 0.2) is 53.4 Å². The number of hydrogen-bond donors (Lipinski definition) is 3. The normalized spacial score (nSPS) is 15.3. The summed E-state index contributed by atoms with van der Waals surface area (Å²) in [5.74, 6) is -0.272. The first-order valence-corrected chi connectivity index (χ1v) is 13.0. The van der Waals surface area contributed by atoms with Gasteiger partial charge in [0.05, 0.1) is 4.90 Å². The molecule has 0 unspecified atom stereocenters. The first-order valence-electron chi connectivity index (χ1n) is 11.5. The van der Waals surface area contributed by atoms with Crippen molar-refractivity contribution in [3.63, 3.8) is 0 Å². The molecule has 0 bridgehead atoms. The molecule has 0 heterocycles. The summed E-state index contributed by atoms with van der Waals surface area (Å²) in [6.45, 7) is 2.08. The molecule has 7 nitrogen and oxygen atoms in total. The quantitative estimate of drug-likeness (QED) is 0.365. The van der Waals surface area contributed by atoms with E-state index >= 15 is 0 Å². The summed E-state index contributed by atoms with van der Waals surface area (Å²) in [6, 6.07) is 13.0. The predicted molar refractivity (Wildman–Crippen MR) is 131 cm³/mol. The molecule has 4 N–H and O–H groups in total. The van der Waals surface area contributed by atoms with Crippen molar-refractivity contribution in [1.29, 1.82) is 5.41 Å². The molecule has 33 heavy (non-hydrogen) atoms. The van der Waals surface area contributed by atoms with E-state index in [2.05, 4.69) is 11.6 Å². The third-order valence-corrected chi connectivity index (χ3v) is 7.78. The van der Waals surface area contributed by atoms with Crippen LogP contribution in [0, 0.1) is 5.41 Å². The van der Waals surface area contributed by atoms with Gasteiger partial charge in [-0.1, -0.05) is 62.6 Å². The number of carbonyl (C=O) groups excluding carboxylic acids is 1. The van der Waals surface area contributed by atoms with E-state index in [1.54, 1.807) is 48.3 Å². The lowest BCUT2D eigenvalue weighted by atomic mass is 10.0. The van der Waals surface area contributed by atoms with Crippen molar-refractivity contribution in [1.82, 2.24) is 9.62 Å². The maximum Gasteiger partial charge on any atom is 0.241 e. The minimum absolute atomic E-state index is 0.0395. The molecule has 1 aliphatic rings. The Morgan fingerprint density at radius 1 is 1.09 bits per heavy atom. The predicted octanol–water partition coefficient (Wildman–Crippen LogP) is 3.21. The van der Waals surface area contributed by atoms with E-state index in [4.69, 9.17) is 11.1 Å². The molecule has 0 spiro atoms. The molecule has 0 aromatic heterocycles. The number of amides is 1. The standard InChI is InChI=1S/C25H34N4O3S/c1-3-6-18-11-15-22(16-12-18)33(31,32)28-23(25(30)29(2)21-7-4-5-8-21)17-19-9-13-20(14-10-19)24(26)27/h9-16,21,23,28H,3-8,17H2,1-2H3,(H3,26,27)/t23-/m0/s1. The highest BCUT2D eigenvalue weighted by molar-refractivity contribution is 7.89. The average molecular weight is 471 g/mol. The summed E-state index contributed by atoms with van der Waals surface area (Å²) < 4.78 is 29.0. The molecule has 178 valence electrons. The fraction of sp³-hybridized carbons (Fsp3) is 0.440. The molecule has 0 saturated heterocycles. The van der Waals surface area contributed by atoms with Crippen LogP contribution in [0.5, 0.6) is 0 Å². The number of aryl methyl sites for hydroxylation is 1. The van der Waals surface area contributed by atoms with Crippen molar-refractivity contribution in [2.75, 3.05) is 7.05 Å². The van der Waals surface area contributed by atoms with Crippen LogP contribution in [0.3, 0.4) is 0 Å². The van der Waals surface area contributed by atoms with Gasteiger partial charge in [-0.15, -0.1) is 0 Å². The maximum atomic E-state index is 13.4. The molecule has 1 atom stereocenters. The molecule has 2 aromatic rings. The Morgan fingerprint density at radius 2 is 1.67 bits per heavy atom. The van der Waals surface area contributed by atoms with Gasteiger partial charge in [0.1, 0.15) is 11.9 Å². The SMILES string of the molecule is CCCc1ccc(S(=O)(=O)N[C@@H](Cc2ccc(C(=N)N)cc2)C(=O)N(C)C2CCCC2)cc1. The summed E-state index contributed by atoms with van der Waals surface area (Å²) in [5.41, 5.74) is 7.98. The zero-order valence-corrected chi connectivity index (χ0v) is 20.2. The molecule has 0 radical (unpaired) electrons. The van der Waals surface area contributed by atoms with E-state index in [1.807, 2.05) is 12.1 Å². The lowest BCUT2D eigenvalue weighted by molar-refractivity contribution is -0.133. The van der Waals surface area contributed by atoms with Crippen LogP contribution < -0.4 is 10.5 Å². The van der Waals surface area contributed by atoms with E-state index in [0.29, 0.717) is 5.56 Å². The lowest BCUT2D eigenvalue weighted by Crippen LogP contribution is -2.50. The van der Waals surface area contributed by atoms with Gasteiger partial charge in [0.25, 0.3) is 0 Å². The van der Waals surface area contributed by atoms with Crippen LogP contribution in [0.25, 0.3) is 0 Å². The zero-order chi connectivity index (χ0) is 24.0. The number of nitrogens with zero attached hydrogens (tertiary/aromatic N) is 1. The summed E-state index contributed by atoms with van der Waals surface area (Å²) in [7, 11) is -2.12. The number of nitrogens with one attached hydrogen (secondary N) is 2. The number of nitrogens with two attached hydrogens (primary N) is 1. The smallest absolute Gasteiger partial charge is 0.241 e. The molecule has 0 aliphatic heterocycles. The summed E-state index contributed by atoms with van der Waals surface area (Å²) in [5, 5.41) is 7.55. The largest absolute Gasteiger partial charge is 0.384 e. The number of likely N-dealkylation sites (N-methyl/N-ethyl adjacent to an activating group) is 1. The average Bonchev–Trinajstić information content (AvgIpc) is 3.33. The van der Waals surface area contributed by atoms with Gasteiger partial charge in [0.2, 0.25) is 15.9 Å². The zero-order valence-electron chi connectivity index (χ0n) is 19.4. The fourth-order valence-corrected chi connectivity index (χ4v) is 5.52. The number of nitrogen functional groups attached to an aromatic ring is 1. The van der Waals surface area contributed by atoms with E-state index in [-0.39, 0.29) is 29.1 Å². The number of carbonyl (C=O) groups is 1. The molecule has 8 heteroatoms. The number of benzene rings is 2. The molecule has 1 fully saturated rings. The van der Waals surface area contributed by atoms with E-state index in [1.165, 1.54) is 0 Å². The Labute approximate surface area is 196 Å². The topological polar surface area (TPSA) is 116 Å². The van der Waals surface area contributed by atoms with Crippen LogP contribution in [0.1, 0.15) is 55.7 Å². The van der Waals surface area contributed by atoms with Gasteiger partial charge in [0.15, 0.2) is 0 Å². The van der Waals surface area contributed by atoms with Crippen LogP contribution in [-0.2, 0) is 27.7 Å². The highest BCUT2D eigenvalue weighted by Crippen LogP contribution is 2.24. The molecule has 1 saturated carbocycles. The third-order valence-electron chi connectivity index (χ3n) is 6.29. The van der Waals surface area contributed by atoms with Crippen LogP contribution in [-0.4, -0.2) is 44.2 Å². The number of sulfonamides is 1. The lowest BCUT2D eigenvalue weighted by Gasteiger charge is -2.29. The second-order valence-electron chi connectivity index (χ2n) is 8.77. The van der Waals surface area contributed by atoms with E-state index in [9.17, 15) is 13.2 Å². The van der Waals surface area contributed by atoms with Crippen molar-refractivity contribution < 1.29 is 13.2 Å². The Bertz CT molecular complexity index is 1060. The van der Waals surface area contributed by atoms with Gasteiger partial charge in [-0.2, -0.15) is 4.72 Å². The molecular formula is C25H34N4O3S. The molecule has 2 aromatic carbocycles. The van der Waals surface area contributed by atoms with Gasteiger partial charge < -0.3 is 10.6 Å². The van der Waals surface area contributed by atoms with Crippen molar-refractivity contribution in [3.8, 4) is 0 Å². The molecule has 1 aliphatic carbocycles. The van der Waals surface area contributed by atoms with Gasteiger partial charge >= 0.3 is 0 Å². The Morgan fingerprint density at radius 3 is 2.21 bits per heavy atom. The first-order chi connectivity index (χ1) is 15.7. The third kappa shape index (κ3) is 6.42.